The lowest BCUT2D eigenvalue weighted by Gasteiger charge is -2.21. The zero-order chi connectivity index (χ0) is 15.6. The fourth-order valence-corrected chi connectivity index (χ4v) is 2.68. The summed E-state index contributed by atoms with van der Waals surface area (Å²) in [7, 11) is 1.74. The summed E-state index contributed by atoms with van der Waals surface area (Å²) in [6.45, 7) is 7.61. The second kappa shape index (κ2) is 6.28. The molecule has 0 saturated carbocycles. The maximum Gasteiger partial charge on any atom is 0.228 e. The predicted octanol–water partition coefficient (Wildman–Crippen LogP) is 1.45. The minimum absolute atomic E-state index is 0.00439. The van der Waals surface area contributed by atoms with Crippen LogP contribution in [0.15, 0.2) is 10.6 Å². The van der Waals surface area contributed by atoms with Crippen LogP contribution in [0.3, 0.4) is 0 Å². The molecular formula is C15H23N3O3. The second-order valence-corrected chi connectivity index (χ2v) is 6.22. The molecule has 116 valence electrons. The molecule has 0 N–H and O–H groups in total. The van der Waals surface area contributed by atoms with Gasteiger partial charge in [0.05, 0.1) is 12.5 Å². The molecule has 2 heterocycles. The van der Waals surface area contributed by atoms with Gasteiger partial charge in [0.25, 0.3) is 0 Å². The van der Waals surface area contributed by atoms with Crippen LogP contribution >= 0.6 is 0 Å². The van der Waals surface area contributed by atoms with E-state index in [2.05, 4.69) is 19.0 Å². The predicted molar refractivity (Wildman–Crippen MR) is 77.2 cm³/mol. The maximum atomic E-state index is 12.4. The summed E-state index contributed by atoms with van der Waals surface area (Å²) in [6, 6.07) is 1.81. The first kappa shape index (κ1) is 15.5. The molecule has 0 radical (unpaired) electrons. The van der Waals surface area contributed by atoms with Crippen molar-refractivity contribution in [1.29, 1.82) is 0 Å². The molecule has 1 atom stereocenters. The number of hydrogen-bond donors (Lipinski definition) is 0. The van der Waals surface area contributed by atoms with E-state index >= 15 is 0 Å². The second-order valence-electron chi connectivity index (χ2n) is 6.22. The van der Waals surface area contributed by atoms with Gasteiger partial charge in [0.2, 0.25) is 11.8 Å². The number of likely N-dealkylation sites (tertiary alicyclic amines) is 1. The van der Waals surface area contributed by atoms with Gasteiger partial charge in [0, 0.05) is 32.6 Å². The number of aromatic nitrogens is 1. The van der Waals surface area contributed by atoms with Gasteiger partial charge >= 0.3 is 0 Å². The Balaban J connectivity index is 1.92. The lowest BCUT2D eigenvalue weighted by molar-refractivity contribution is -0.135. The van der Waals surface area contributed by atoms with Crippen LogP contribution in [0.2, 0.25) is 0 Å². The molecule has 1 aliphatic heterocycles. The highest BCUT2D eigenvalue weighted by Gasteiger charge is 2.35. The Morgan fingerprint density at radius 2 is 2.29 bits per heavy atom. The number of hydrogen-bond acceptors (Lipinski definition) is 4. The topological polar surface area (TPSA) is 66.7 Å². The van der Waals surface area contributed by atoms with Crippen molar-refractivity contribution in [2.45, 2.75) is 33.7 Å². The van der Waals surface area contributed by atoms with E-state index in [9.17, 15) is 9.59 Å². The Hall–Kier alpha value is -1.85. The summed E-state index contributed by atoms with van der Waals surface area (Å²) in [4.78, 5) is 27.8. The highest BCUT2D eigenvalue weighted by molar-refractivity contribution is 5.89. The van der Waals surface area contributed by atoms with E-state index < -0.39 is 0 Å². The molecule has 1 fully saturated rings. The van der Waals surface area contributed by atoms with Gasteiger partial charge in [-0.15, -0.1) is 0 Å². The summed E-state index contributed by atoms with van der Waals surface area (Å²) in [5.74, 6) is 0.973. The number of rotatable bonds is 5. The Kier molecular flexibility index (Phi) is 4.65. The summed E-state index contributed by atoms with van der Waals surface area (Å²) < 4.78 is 5.00. The minimum atomic E-state index is -0.241. The lowest BCUT2D eigenvalue weighted by Crippen LogP contribution is -2.35. The Bertz CT molecular complexity index is 524. The quantitative estimate of drug-likeness (QED) is 0.824. The standard InChI is InChI=1S/C15H23N3O3/c1-10(2)7-18-8-12(6-14(18)19)15(20)17(4)9-13-5-11(3)21-16-13/h5,10,12H,6-9H2,1-4H3. The number of carbonyl (C=O) groups excluding carboxylic acids is 2. The number of nitrogens with zero attached hydrogens (tertiary/aromatic N) is 3. The van der Waals surface area contributed by atoms with E-state index in [1.165, 1.54) is 0 Å². The van der Waals surface area contributed by atoms with Crippen LogP contribution in [0.5, 0.6) is 0 Å². The van der Waals surface area contributed by atoms with Crippen LogP contribution < -0.4 is 0 Å². The van der Waals surface area contributed by atoms with Gasteiger partial charge in [-0.1, -0.05) is 19.0 Å². The molecular weight excluding hydrogens is 270 g/mol. The molecule has 0 bridgehead atoms. The largest absolute Gasteiger partial charge is 0.361 e. The fraction of sp³-hybridized carbons (Fsp3) is 0.667. The van der Waals surface area contributed by atoms with Crippen LogP contribution in [-0.2, 0) is 16.1 Å². The molecule has 2 rings (SSSR count). The molecule has 6 nitrogen and oxygen atoms in total. The molecule has 0 aliphatic carbocycles. The monoisotopic (exact) mass is 293 g/mol. The van der Waals surface area contributed by atoms with E-state index in [0.29, 0.717) is 25.4 Å². The molecule has 21 heavy (non-hydrogen) atoms. The molecule has 6 heteroatoms. The third-order valence-electron chi connectivity index (χ3n) is 3.60. The minimum Gasteiger partial charge on any atom is -0.361 e. The third kappa shape index (κ3) is 3.83. The van der Waals surface area contributed by atoms with Crippen LogP contribution in [0, 0.1) is 18.8 Å². The first-order chi connectivity index (χ1) is 9.86. The van der Waals surface area contributed by atoms with Crippen molar-refractivity contribution in [3.63, 3.8) is 0 Å². The van der Waals surface area contributed by atoms with E-state index in [-0.39, 0.29) is 17.7 Å². The SMILES string of the molecule is Cc1cc(CN(C)C(=O)C2CC(=O)N(CC(C)C)C2)no1. The zero-order valence-corrected chi connectivity index (χ0v) is 13.1. The van der Waals surface area contributed by atoms with Crippen LogP contribution in [0.4, 0.5) is 0 Å². The van der Waals surface area contributed by atoms with E-state index in [0.717, 1.165) is 18.0 Å². The van der Waals surface area contributed by atoms with Crippen molar-refractivity contribution in [3.8, 4) is 0 Å². The maximum absolute atomic E-state index is 12.4. The van der Waals surface area contributed by atoms with Crippen LogP contribution in [-0.4, -0.2) is 46.9 Å². The van der Waals surface area contributed by atoms with Crippen molar-refractivity contribution in [2.24, 2.45) is 11.8 Å². The van der Waals surface area contributed by atoms with Gasteiger partial charge < -0.3 is 14.3 Å². The summed E-state index contributed by atoms with van der Waals surface area (Å²) in [6.07, 6.45) is 0.313. The Morgan fingerprint density at radius 3 is 2.86 bits per heavy atom. The van der Waals surface area contributed by atoms with Crippen molar-refractivity contribution in [3.05, 3.63) is 17.5 Å². The molecule has 1 saturated heterocycles. The van der Waals surface area contributed by atoms with E-state index in [1.54, 1.807) is 16.8 Å². The normalized spacial score (nSPS) is 18.6. The van der Waals surface area contributed by atoms with Gasteiger partial charge in [0.1, 0.15) is 11.5 Å². The van der Waals surface area contributed by atoms with Gasteiger partial charge in [-0.3, -0.25) is 9.59 Å². The molecule has 0 aromatic carbocycles. The molecule has 1 aromatic heterocycles. The van der Waals surface area contributed by atoms with Crippen molar-refractivity contribution >= 4 is 11.8 Å². The number of aryl methyl sites for hydroxylation is 1. The fourth-order valence-electron chi connectivity index (χ4n) is 2.68. The first-order valence-corrected chi connectivity index (χ1v) is 7.31. The van der Waals surface area contributed by atoms with Crippen LogP contribution in [0.25, 0.3) is 0 Å². The van der Waals surface area contributed by atoms with Crippen LogP contribution in [0.1, 0.15) is 31.7 Å². The zero-order valence-electron chi connectivity index (χ0n) is 13.1. The van der Waals surface area contributed by atoms with Gasteiger partial charge in [-0.05, 0) is 12.8 Å². The average Bonchev–Trinajstić information content (AvgIpc) is 2.95. The Labute approximate surface area is 125 Å². The van der Waals surface area contributed by atoms with Gasteiger partial charge in [0.15, 0.2) is 0 Å². The molecule has 1 aromatic rings. The average molecular weight is 293 g/mol. The van der Waals surface area contributed by atoms with E-state index in [1.807, 2.05) is 13.0 Å². The summed E-state index contributed by atoms with van der Waals surface area (Å²) >= 11 is 0. The van der Waals surface area contributed by atoms with Gasteiger partial charge in [-0.2, -0.15) is 0 Å². The Morgan fingerprint density at radius 1 is 1.57 bits per heavy atom. The highest BCUT2D eigenvalue weighted by atomic mass is 16.5. The van der Waals surface area contributed by atoms with E-state index in [4.69, 9.17) is 4.52 Å². The molecule has 1 unspecified atom stereocenters. The van der Waals surface area contributed by atoms with Crippen molar-refractivity contribution in [2.75, 3.05) is 20.1 Å². The third-order valence-corrected chi connectivity index (χ3v) is 3.60. The molecule has 1 aliphatic rings. The number of amides is 2. The molecule has 2 amide bonds. The first-order valence-electron chi connectivity index (χ1n) is 7.31. The number of carbonyl (C=O) groups is 2. The smallest absolute Gasteiger partial charge is 0.228 e. The molecule has 0 spiro atoms. The van der Waals surface area contributed by atoms with Crippen molar-refractivity contribution in [1.82, 2.24) is 15.0 Å². The lowest BCUT2D eigenvalue weighted by atomic mass is 10.1. The van der Waals surface area contributed by atoms with Gasteiger partial charge in [-0.25, -0.2) is 0 Å². The summed E-state index contributed by atoms with van der Waals surface area (Å²) in [5, 5.41) is 3.89. The highest BCUT2D eigenvalue weighted by Crippen LogP contribution is 2.21. The summed E-state index contributed by atoms with van der Waals surface area (Å²) in [5.41, 5.74) is 0.728. The van der Waals surface area contributed by atoms with Crippen molar-refractivity contribution < 1.29 is 14.1 Å².